The second kappa shape index (κ2) is 10.6. The summed E-state index contributed by atoms with van der Waals surface area (Å²) in [5, 5.41) is 3.63. The van der Waals surface area contributed by atoms with Crippen molar-refractivity contribution in [3.05, 3.63) is 52.1 Å². The average Bonchev–Trinajstić information content (AvgIpc) is 2.97. The van der Waals surface area contributed by atoms with Crippen LogP contribution in [0.1, 0.15) is 23.7 Å². The maximum atomic E-state index is 12.5. The normalized spacial score (nSPS) is 14.8. The van der Waals surface area contributed by atoms with Gasteiger partial charge in [-0.2, -0.15) is 0 Å². The van der Waals surface area contributed by atoms with Gasteiger partial charge in [-0.1, -0.05) is 29.3 Å². The number of anilines is 2. The number of amides is 1. The molecule has 1 aliphatic heterocycles. The molecule has 1 N–H and O–H groups in total. The van der Waals surface area contributed by atoms with Crippen molar-refractivity contribution >= 4 is 46.6 Å². The molecule has 0 radical (unpaired) electrons. The molecule has 0 bridgehead atoms. The molecule has 9 heteroatoms. The van der Waals surface area contributed by atoms with Crippen LogP contribution in [0.5, 0.6) is 0 Å². The lowest BCUT2D eigenvalue weighted by Gasteiger charge is -2.22. The molecule has 2 heterocycles. The van der Waals surface area contributed by atoms with Crippen molar-refractivity contribution < 1.29 is 14.3 Å². The molecule has 1 aromatic heterocycles. The highest BCUT2D eigenvalue weighted by Gasteiger charge is 2.19. The number of rotatable bonds is 6. The van der Waals surface area contributed by atoms with Crippen molar-refractivity contribution in [2.24, 2.45) is 0 Å². The molecule has 1 aromatic carbocycles. The minimum absolute atomic E-state index is 0.157. The van der Waals surface area contributed by atoms with Gasteiger partial charge in [0.25, 0.3) is 0 Å². The first-order valence-corrected chi connectivity index (χ1v) is 10.6. The van der Waals surface area contributed by atoms with Crippen LogP contribution < -0.4 is 10.2 Å². The number of hydrogen-bond acceptors (Lipinski definition) is 6. The van der Waals surface area contributed by atoms with E-state index >= 15 is 0 Å². The summed E-state index contributed by atoms with van der Waals surface area (Å²) in [7, 11) is 0. The lowest BCUT2D eigenvalue weighted by Crippen LogP contribution is -2.36. The third kappa shape index (κ3) is 5.84. The van der Waals surface area contributed by atoms with Gasteiger partial charge in [0, 0.05) is 32.4 Å². The van der Waals surface area contributed by atoms with E-state index in [4.69, 9.17) is 27.9 Å². The Balaban J connectivity index is 1.54. The number of carbonyl (C=O) groups is 2. The van der Waals surface area contributed by atoms with E-state index in [0.29, 0.717) is 34.4 Å². The molecule has 0 spiro atoms. The number of hydrogen-bond donors (Lipinski definition) is 1. The summed E-state index contributed by atoms with van der Waals surface area (Å²) in [6.45, 7) is 5.41. The van der Waals surface area contributed by atoms with Crippen molar-refractivity contribution in [3.63, 3.8) is 0 Å². The van der Waals surface area contributed by atoms with E-state index in [-0.39, 0.29) is 18.4 Å². The minimum atomic E-state index is -0.372. The lowest BCUT2D eigenvalue weighted by molar-refractivity contribution is -0.117. The third-order valence-electron chi connectivity index (χ3n) is 4.77. The fraction of sp³-hybridized carbons (Fsp3) is 0.381. The summed E-state index contributed by atoms with van der Waals surface area (Å²) < 4.78 is 4.99. The second-order valence-electron chi connectivity index (χ2n) is 6.89. The van der Waals surface area contributed by atoms with Crippen molar-refractivity contribution in [3.8, 4) is 0 Å². The molecule has 1 fully saturated rings. The smallest absolute Gasteiger partial charge is 0.339 e. The first-order chi connectivity index (χ1) is 14.5. The molecule has 160 valence electrons. The maximum Gasteiger partial charge on any atom is 0.339 e. The molecule has 1 aliphatic rings. The summed E-state index contributed by atoms with van der Waals surface area (Å²) in [6, 6.07) is 8.66. The Morgan fingerprint density at radius 2 is 1.87 bits per heavy atom. The Morgan fingerprint density at radius 1 is 1.10 bits per heavy atom. The molecule has 7 nitrogen and oxygen atoms in total. The van der Waals surface area contributed by atoms with Gasteiger partial charge in [0.1, 0.15) is 5.82 Å². The van der Waals surface area contributed by atoms with Crippen LogP contribution in [0.3, 0.4) is 0 Å². The quantitative estimate of drug-likeness (QED) is 0.675. The number of para-hydroxylation sites is 1. The zero-order chi connectivity index (χ0) is 21.5. The standard InChI is InChI=1S/C21H24Cl2N4O3/c1-2-30-21(29)15-7-8-18(24-13-15)27-10-4-9-26(11-12-27)14-19(28)25-20-16(22)5-3-6-17(20)23/h3,5-8,13H,2,4,9-12,14H2,1H3,(H,25,28). The number of esters is 1. The molecule has 0 saturated carbocycles. The topological polar surface area (TPSA) is 74.8 Å². The largest absolute Gasteiger partial charge is 0.462 e. The van der Waals surface area contributed by atoms with Gasteiger partial charge in [-0.25, -0.2) is 9.78 Å². The molecule has 1 amide bonds. The Morgan fingerprint density at radius 3 is 2.53 bits per heavy atom. The number of halogens is 2. The third-order valence-corrected chi connectivity index (χ3v) is 5.40. The Hall–Kier alpha value is -2.35. The molecule has 30 heavy (non-hydrogen) atoms. The van der Waals surface area contributed by atoms with Gasteiger partial charge in [0.15, 0.2) is 0 Å². The molecule has 3 rings (SSSR count). The van der Waals surface area contributed by atoms with E-state index in [0.717, 1.165) is 31.9 Å². The van der Waals surface area contributed by atoms with Crippen LogP contribution in [0, 0.1) is 0 Å². The summed E-state index contributed by atoms with van der Waals surface area (Å²) in [5.74, 6) is 0.274. The molecular weight excluding hydrogens is 427 g/mol. The Kier molecular flexibility index (Phi) is 7.90. The second-order valence-corrected chi connectivity index (χ2v) is 7.70. The predicted octanol–water partition coefficient (Wildman–Crippen LogP) is 3.72. The molecule has 0 unspecified atom stereocenters. The molecule has 2 aromatic rings. The summed E-state index contributed by atoms with van der Waals surface area (Å²) in [4.78, 5) is 32.9. The zero-order valence-corrected chi connectivity index (χ0v) is 18.2. The van der Waals surface area contributed by atoms with Crippen LogP contribution >= 0.6 is 23.2 Å². The molecule has 0 atom stereocenters. The van der Waals surface area contributed by atoms with Gasteiger partial charge < -0.3 is 15.0 Å². The van der Waals surface area contributed by atoms with E-state index < -0.39 is 0 Å². The number of benzene rings is 1. The number of nitrogens with zero attached hydrogens (tertiary/aromatic N) is 3. The monoisotopic (exact) mass is 450 g/mol. The van der Waals surface area contributed by atoms with Gasteiger partial charge in [0.2, 0.25) is 5.91 Å². The number of aromatic nitrogens is 1. The fourth-order valence-electron chi connectivity index (χ4n) is 3.27. The van der Waals surface area contributed by atoms with Gasteiger partial charge in [-0.15, -0.1) is 0 Å². The van der Waals surface area contributed by atoms with Crippen molar-refractivity contribution in [2.75, 3.05) is 49.5 Å². The highest BCUT2D eigenvalue weighted by molar-refractivity contribution is 6.39. The van der Waals surface area contributed by atoms with E-state index in [1.54, 1.807) is 31.2 Å². The molecule has 0 aliphatic carbocycles. The van der Waals surface area contributed by atoms with Crippen LogP contribution in [-0.2, 0) is 9.53 Å². The maximum absolute atomic E-state index is 12.5. The van der Waals surface area contributed by atoms with Crippen LogP contribution in [0.4, 0.5) is 11.5 Å². The van der Waals surface area contributed by atoms with E-state index in [9.17, 15) is 9.59 Å². The van der Waals surface area contributed by atoms with E-state index in [1.165, 1.54) is 6.20 Å². The summed E-state index contributed by atoms with van der Waals surface area (Å²) >= 11 is 12.2. The lowest BCUT2D eigenvalue weighted by atomic mass is 10.2. The molecular formula is C21H24Cl2N4O3. The first kappa shape index (κ1) is 22.3. The predicted molar refractivity (Wildman–Crippen MR) is 119 cm³/mol. The van der Waals surface area contributed by atoms with Crippen LogP contribution in [0.2, 0.25) is 10.0 Å². The van der Waals surface area contributed by atoms with E-state index in [2.05, 4.69) is 20.1 Å². The number of nitrogens with one attached hydrogen (secondary N) is 1. The SMILES string of the molecule is CCOC(=O)c1ccc(N2CCCN(CC(=O)Nc3c(Cl)cccc3Cl)CC2)nc1. The first-order valence-electron chi connectivity index (χ1n) is 9.82. The van der Waals surface area contributed by atoms with Gasteiger partial charge in [-0.05, 0) is 37.6 Å². The van der Waals surface area contributed by atoms with Gasteiger partial charge >= 0.3 is 5.97 Å². The number of pyridine rings is 1. The van der Waals surface area contributed by atoms with Crippen molar-refractivity contribution in [2.45, 2.75) is 13.3 Å². The van der Waals surface area contributed by atoms with Crippen molar-refractivity contribution in [1.82, 2.24) is 9.88 Å². The van der Waals surface area contributed by atoms with Crippen LogP contribution in [0.25, 0.3) is 0 Å². The Labute approximate surface area is 185 Å². The summed E-state index contributed by atoms with van der Waals surface area (Å²) in [6.07, 6.45) is 2.43. The minimum Gasteiger partial charge on any atom is -0.462 e. The van der Waals surface area contributed by atoms with Crippen LogP contribution in [0.15, 0.2) is 36.5 Å². The number of ether oxygens (including phenoxy) is 1. The highest BCUT2D eigenvalue weighted by atomic mass is 35.5. The molecule has 1 saturated heterocycles. The zero-order valence-electron chi connectivity index (χ0n) is 16.7. The Bertz CT molecular complexity index is 872. The van der Waals surface area contributed by atoms with Gasteiger partial charge in [-0.3, -0.25) is 9.69 Å². The number of carbonyl (C=O) groups excluding carboxylic acids is 2. The highest BCUT2D eigenvalue weighted by Crippen LogP contribution is 2.29. The fourth-order valence-corrected chi connectivity index (χ4v) is 3.76. The van der Waals surface area contributed by atoms with Crippen LogP contribution in [-0.4, -0.2) is 61.1 Å². The van der Waals surface area contributed by atoms with Gasteiger partial charge in [0.05, 0.1) is 34.4 Å². The average molecular weight is 451 g/mol. The summed E-state index contributed by atoms with van der Waals surface area (Å²) in [5.41, 5.74) is 0.875. The van der Waals surface area contributed by atoms with Crippen molar-refractivity contribution in [1.29, 1.82) is 0 Å². The van der Waals surface area contributed by atoms with E-state index in [1.807, 2.05) is 6.07 Å².